The lowest BCUT2D eigenvalue weighted by Crippen LogP contribution is -3.14. The standard InChI is InChI=1S/C22H28F3N5O2/c1-15-3-5-16(6-4-15)18-13-19(22(23,24)25)30-20(28-18)17(14-27-30)21(31)26-7-2-8-29-9-11-32-12-10-29/h3-6,14,18-19,28H,2,7-13H2,1H3,(H,26,31)/p+1/t18-,19-/m0/s1. The Labute approximate surface area is 184 Å². The van der Waals surface area contributed by atoms with E-state index in [1.165, 1.54) is 11.1 Å². The van der Waals surface area contributed by atoms with E-state index < -0.39 is 24.2 Å². The fourth-order valence-electron chi connectivity index (χ4n) is 4.29. The third-order valence-corrected chi connectivity index (χ3v) is 6.16. The highest BCUT2D eigenvalue weighted by molar-refractivity contribution is 5.98. The van der Waals surface area contributed by atoms with Gasteiger partial charge < -0.3 is 20.3 Å². The van der Waals surface area contributed by atoms with E-state index in [2.05, 4.69) is 15.7 Å². The van der Waals surface area contributed by atoms with Gasteiger partial charge in [-0.3, -0.25) is 4.79 Å². The molecule has 1 aromatic carbocycles. The van der Waals surface area contributed by atoms with Crippen LogP contribution in [-0.2, 0) is 4.74 Å². The Kier molecular flexibility index (Phi) is 6.71. The van der Waals surface area contributed by atoms with Gasteiger partial charge in [0.1, 0.15) is 24.5 Å². The Balaban J connectivity index is 1.46. The van der Waals surface area contributed by atoms with Crippen molar-refractivity contribution in [3.63, 3.8) is 0 Å². The second kappa shape index (κ2) is 9.50. The van der Waals surface area contributed by atoms with E-state index in [-0.39, 0.29) is 17.8 Å². The molecule has 1 aromatic heterocycles. The van der Waals surface area contributed by atoms with E-state index in [4.69, 9.17) is 4.74 Å². The van der Waals surface area contributed by atoms with E-state index in [0.717, 1.165) is 55.1 Å². The first-order valence-corrected chi connectivity index (χ1v) is 11.0. The molecule has 2 aromatic rings. The minimum Gasteiger partial charge on any atom is -0.370 e. The van der Waals surface area contributed by atoms with E-state index >= 15 is 0 Å². The summed E-state index contributed by atoms with van der Waals surface area (Å²) in [5, 5.41) is 9.89. The smallest absolute Gasteiger partial charge is 0.370 e. The average Bonchev–Trinajstić information content (AvgIpc) is 3.20. The molecule has 0 saturated carbocycles. The number of hydrogen-bond donors (Lipinski definition) is 3. The molecular formula is C22H29F3N5O2+. The molecule has 2 atom stereocenters. The molecule has 4 rings (SSSR count). The van der Waals surface area contributed by atoms with E-state index in [1.54, 1.807) is 0 Å². The summed E-state index contributed by atoms with van der Waals surface area (Å²) in [5.41, 5.74) is 1.91. The minimum atomic E-state index is -4.47. The van der Waals surface area contributed by atoms with E-state index in [9.17, 15) is 18.0 Å². The molecule has 1 saturated heterocycles. The number of carbonyl (C=O) groups excluding carboxylic acids is 1. The summed E-state index contributed by atoms with van der Waals surface area (Å²) in [4.78, 5) is 14.2. The summed E-state index contributed by atoms with van der Waals surface area (Å²) in [6.45, 7) is 6.70. The van der Waals surface area contributed by atoms with Crippen LogP contribution in [-0.4, -0.2) is 61.3 Å². The van der Waals surface area contributed by atoms with Gasteiger partial charge >= 0.3 is 6.18 Å². The van der Waals surface area contributed by atoms with Crippen LogP contribution in [0.5, 0.6) is 0 Å². The summed E-state index contributed by atoms with van der Waals surface area (Å²) in [6, 6.07) is 5.02. The number of quaternary nitrogens is 1. The summed E-state index contributed by atoms with van der Waals surface area (Å²) in [7, 11) is 0. The summed E-state index contributed by atoms with van der Waals surface area (Å²) < 4.78 is 47.7. The molecule has 0 spiro atoms. The topological polar surface area (TPSA) is 72.6 Å². The van der Waals surface area contributed by atoms with Crippen molar-refractivity contribution in [2.24, 2.45) is 0 Å². The van der Waals surface area contributed by atoms with Crippen LogP contribution in [0.4, 0.5) is 19.0 Å². The molecule has 2 aliphatic heterocycles. The van der Waals surface area contributed by atoms with Crippen molar-refractivity contribution in [2.45, 2.75) is 38.0 Å². The quantitative estimate of drug-likeness (QED) is 0.586. The molecule has 0 unspecified atom stereocenters. The number of nitrogens with zero attached hydrogens (tertiary/aromatic N) is 2. The van der Waals surface area contributed by atoms with Crippen molar-refractivity contribution < 1.29 is 27.6 Å². The SMILES string of the molecule is Cc1ccc([C@@H]2C[C@@H](C(F)(F)F)n3ncc(C(=O)NCCC[NH+]4CCOCC4)c3N2)cc1. The Morgan fingerprint density at radius 1 is 1.28 bits per heavy atom. The van der Waals surface area contributed by atoms with E-state index in [0.29, 0.717) is 6.54 Å². The molecule has 1 fully saturated rings. The Bertz CT molecular complexity index is 923. The summed E-state index contributed by atoms with van der Waals surface area (Å²) >= 11 is 0. The highest BCUT2D eigenvalue weighted by Gasteiger charge is 2.47. The number of nitrogens with one attached hydrogen (secondary N) is 3. The van der Waals surface area contributed by atoms with Gasteiger partial charge in [-0.1, -0.05) is 29.8 Å². The maximum absolute atomic E-state index is 13.8. The number of fused-ring (bicyclic) bond motifs is 1. The van der Waals surface area contributed by atoms with Crippen LogP contribution in [0, 0.1) is 6.92 Å². The zero-order valence-corrected chi connectivity index (χ0v) is 18.0. The number of anilines is 1. The van der Waals surface area contributed by atoms with Crippen molar-refractivity contribution in [1.82, 2.24) is 15.1 Å². The van der Waals surface area contributed by atoms with Gasteiger partial charge in [-0.05, 0) is 12.5 Å². The third-order valence-electron chi connectivity index (χ3n) is 6.16. The Morgan fingerprint density at radius 2 is 2.00 bits per heavy atom. The van der Waals surface area contributed by atoms with Crippen molar-refractivity contribution in [2.75, 3.05) is 44.7 Å². The average molecular weight is 453 g/mol. The number of morpholine rings is 1. The summed E-state index contributed by atoms with van der Waals surface area (Å²) in [5.74, 6) is -0.304. The van der Waals surface area contributed by atoms with Crippen molar-refractivity contribution in [3.05, 3.63) is 47.2 Å². The van der Waals surface area contributed by atoms with Crippen molar-refractivity contribution in [3.8, 4) is 0 Å². The van der Waals surface area contributed by atoms with Crippen LogP contribution in [0.25, 0.3) is 0 Å². The lowest BCUT2D eigenvalue weighted by Gasteiger charge is -2.34. The Hall–Kier alpha value is -2.59. The zero-order valence-electron chi connectivity index (χ0n) is 18.0. The predicted octanol–water partition coefficient (Wildman–Crippen LogP) is 1.89. The molecule has 0 aliphatic carbocycles. The number of benzene rings is 1. The number of amides is 1. The first-order chi connectivity index (χ1) is 15.3. The van der Waals surface area contributed by atoms with Gasteiger partial charge in [0.2, 0.25) is 0 Å². The first-order valence-electron chi connectivity index (χ1n) is 11.0. The van der Waals surface area contributed by atoms with Gasteiger partial charge in [-0.2, -0.15) is 18.3 Å². The molecule has 10 heteroatoms. The van der Waals surface area contributed by atoms with E-state index in [1.807, 2.05) is 31.2 Å². The van der Waals surface area contributed by atoms with Gasteiger partial charge in [-0.15, -0.1) is 0 Å². The second-order valence-corrected chi connectivity index (χ2v) is 8.47. The molecule has 0 radical (unpaired) electrons. The third kappa shape index (κ3) is 5.07. The second-order valence-electron chi connectivity index (χ2n) is 8.47. The summed E-state index contributed by atoms with van der Waals surface area (Å²) in [6.07, 6.45) is -2.65. The van der Waals surface area contributed by atoms with Crippen LogP contribution in [0.2, 0.25) is 0 Å². The van der Waals surface area contributed by atoms with Crippen LogP contribution in [0.3, 0.4) is 0 Å². The molecule has 2 aliphatic rings. The molecule has 1 amide bonds. The molecule has 3 heterocycles. The van der Waals surface area contributed by atoms with Crippen LogP contribution < -0.4 is 15.5 Å². The van der Waals surface area contributed by atoms with Crippen LogP contribution in [0.15, 0.2) is 30.5 Å². The van der Waals surface area contributed by atoms with Crippen LogP contribution in [0.1, 0.15) is 46.4 Å². The van der Waals surface area contributed by atoms with Gasteiger partial charge in [0, 0.05) is 19.4 Å². The number of ether oxygens (including phenoxy) is 1. The lowest BCUT2D eigenvalue weighted by molar-refractivity contribution is -0.908. The monoisotopic (exact) mass is 452 g/mol. The maximum Gasteiger partial charge on any atom is 0.410 e. The number of rotatable bonds is 6. The maximum atomic E-state index is 13.8. The molecular weight excluding hydrogens is 423 g/mol. The lowest BCUT2D eigenvalue weighted by atomic mass is 9.96. The first kappa shape index (κ1) is 22.6. The normalized spacial score (nSPS) is 21.6. The van der Waals surface area contributed by atoms with Crippen molar-refractivity contribution >= 4 is 11.7 Å². The minimum absolute atomic E-state index is 0.112. The van der Waals surface area contributed by atoms with Crippen LogP contribution >= 0.6 is 0 Å². The largest absolute Gasteiger partial charge is 0.410 e. The number of hydrogen-bond acceptors (Lipinski definition) is 4. The molecule has 7 nitrogen and oxygen atoms in total. The van der Waals surface area contributed by atoms with Gasteiger partial charge in [0.05, 0.1) is 32.0 Å². The van der Waals surface area contributed by atoms with Gasteiger partial charge in [0.15, 0.2) is 6.04 Å². The number of carbonyl (C=O) groups is 1. The number of halogens is 3. The highest BCUT2D eigenvalue weighted by Crippen LogP contribution is 2.44. The molecule has 3 N–H and O–H groups in total. The molecule has 32 heavy (non-hydrogen) atoms. The number of alkyl halides is 3. The predicted molar refractivity (Wildman–Crippen MR) is 113 cm³/mol. The molecule has 0 bridgehead atoms. The Morgan fingerprint density at radius 3 is 2.69 bits per heavy atom. The fourth-order valence-corrected chi connectivity index (χ4v) is 4.29. The fraction of sp³-hybridized carbons (Fsp3) is 0.545. The number of aryl methyl sites for hydroxylation is 1. The van der Waals surface area contributed by atoms with Gasteiger partial charge in [-0.25, -0.2) is 4.68 Å². The van der Waals surface area contributed by atoms with Crippen molar-refractivity contribution in [1.29, 1.82) is 0 Å². The molecule has 174 valence electrons. The number of aromatic nitrogens is 2. The highest BCUT2D eigenvalue weighted by atomic mass is 19.4. The zero-order chi connectivity index (χ0) is 22.7. The van der Waals surface area contributed by atoms with Gasteiger partial charge in [0.25, 0.3) is 5.91 Å².